The fraction of sp³-hybridized carbons (Fsp3) is 0.786. The molecule has 0 rings (SSSR count). The highest BCUT2D eigenvalue weighted by Gasteiger charge is 2.26. The number of carbonyl (C=O) groups is 2. The lowest BCUT2D eigenvalue weighted by Crippen LogP contribution is -2.06. The molecule has 0 bridgehead atoms. The van der Waals surface area contributed by atoms with E-state index in [9.17, 15) is 14.2 Å². The predicted octanol–water partition coefficient (Wildman–Crippen LogP) is 7.86. The molecule has 0 spiro atoms. The van der Waals surface area contributed by atoms with Crippen molar-refractivity contribution in [1.82, 2.24) is 0 Å². The van der Waals surface area contributed by atoms with Crippen molar-refractivity contribution in [2.24, 2.45) is 0 Å². The van der Waals surface area contributed by atoms with Gasteiger partial charge in [0.15, 0.2) is 0 Å². The first-order chi connectivity index (χ1) is 17.7. The van der Waals surface area contributed by atoms with Crippen LogP contribution in [0.25, 0.3) is 0 Å². The molecule has 0 aliphatic carbocycles. The summed E-state index contributed by atoms with van der Waals surface area (Å²) in [5, 5.41) is 0. The van der Waals surface area contributed by atoms with Gasteiger partial charge in [-0.1, -0.05) is 77.9 Å². The Bertz CT molecular complexity index is 644. The minimum Gasteiger partial charge on any atom is -0.462 e. The smallest absolute Gasteiger partial charge is 0.462 e. The number of hydrogen-bond acceptors (Lipinski definition) is 8. The third-order valence-corrected chi connectivity index (χ3v) is 6.98. The van der Waals surface area contributed by atoms with E-state index >= 15 is 0 Å². The molecule has 0 N–H and O–H groups in total. The zero-order valence-corrected chi connectivity index (χ0v) is 24.5. The Hall–Kier alpha value is -1.47. The molecular weight excluding hydrogens is 495 g/mol. The predicted molar refractivity (Wildman–Crippen MR) is 147 cm³/mol. The van der Waals surface area contributed by atoms with E-state index in [2.05, 4.69) is 20.1 Å². The molecule has 0 aliphatic rings. The van der Waals surface area contributed by atoms with Gasteiger partial charge in [0, 0.05) is 11.1 Å². The van der Waals surface area contributed by atoms with E-state index in [0.29, 0.717) is 44.2 Å². The second-order valence-electron chi connectivity index (χ2n) is 9.38. The van der Waals surface area contributed by atoms with Crippen LogP contribution in [0.1, 0.15) is 111 Å². The van der Waals surface area contributed by atoms with Crippen LogP contribution in [0.15, 0.2) is 24.3 Å². The Morgan fingerprint density at radius 3 is 1.16 bits per heavy atom. The van der Waals surface area contributed by atoms with Gasteiger partial charge in [-0.2, -0.15) is 0 Å². The summed E-state index contributed by atoms with van der Waals surface area (Å²) in [4.78, 5) is 22.7. The molecule has 0 aliphatic heterocycles. The summed E-state index contributed by atoms with van der Waals surface area (Å²) in [5.74, 6) is -0.694. The maximum atomic E-state index is 13.1. The van der Waals surface area contributed by atoms with Gasteiger partial charge in [0.2, 0.25) is 0 Å². The van der Waals surface area contributed by atoms with E-state index in [1.54, 1.807) is 13.8 Å². The first-order valence-electron chi connectivity index (χ1n) is 13.9. The summed E-state index contributed by atoms with van der Waals surface area (Å²) < 4.78 is 40.0. The van der Waals surface area contributed by atoms with Crippen molar-refractivity contribution in [3.63, 3.8) is 0 Å². The first kappa shape index (κ1) is 35.5. The maximum absolute atomic E-state index is 13.1. The quantitative estimate of drug-likeness (QED) is 0.0468. The molecule has 0 aromatic heterocycles. The average Bonchev–Trinajstić information content (AvgIpc) is 2.86. The van der Waals surface area contributed by atoms with Crippen LogP contribution in [0.3, 0.4) is 0 Å². The summed E-state index contributed by atoms with van der Waals surface area (Å²) in [5.41, 5.74) is 0.824. The molecule has 216 valence electrons. The molecule has 0 saturated heterocycles. The zero-order valence-electron chi connectivity index (χ0n) is 23.6. The molecule has 37 heavy (non-hydrogen) atoms. The number of unbranched alkanes of at least 4 members (excludes halogenated alkanes) is 11. The molecule has 0 atom stereocenters. The maximum Gasteiger partial charge on any atom is 0.474 e. The number of esters is 2. The Kier molecular flexibility index (Phi) is 22.7. The molecule has 0 amide bonds. The average molecular weight is 547 g/mol. The van der Waals surface area contributed by atoms with E-state index in [-0.39, 0.29) is 11.9 Å². The third kappa shape index (κ3) is 22.2. The largest absolute Gasteiger partial charge is 0.474 e. The van der Waals surface area contributed by atoms with Crippen LogP contribution >= 0.6 is 7.82 Å². The van der Waals surface area contributed by atoms with Crippen LogP contribution in [0.2, 0.25) is 0 Å². The van der Waals surface area contributed by atoms with Gasteiger partial charge >= 0.3 is 19.8 Å². The van der Waals surface area contributed by atoms with Gasteiger partial charge in [0.1, 0.15) is 0 Å². The molecule has 0 fully saturated rings. The van der Waals surface area contributed by atoms with Crippen LogP contribution in [-0.4, -0.2) is 45.0 Å². The molecule has 0 aromatic rings. The van der Waals surface area contributed by atoms with Crippen molar-refractivity contribution in [2.45, 2.75) is 111 Å². The van der Waals surface area contributed by atoms with Crippen molar-refractivity contribution < 1.29 is 37.2 Å². The van der Waals surface area contributed by atoms with Crippen molar-refractivity contribution in [3.05, 3.63) is 24.3 Å². The van der Waals surface area contributed by atoms with E-state index < -0.39 is 7.82 Å². The Labute approximate surface area is 225 Å². The Balaban J connectivity index is 4.08. The Morgan fingerprint density at radius 2 is 0.838 bits per heavy atom. The van der Waals surface area contributed by atoms with E-state index in [1.165, 1.54) is 0 Å². The van der Waals surface area contributed by atoms with Gasteiger partial charge in [0.05, 0.1) is 33.0 Å². The second kappa shape index (κ2) is 23.6. The lowest BCUT2D eigenvalue weighted by molar-refractivity contribution is -0.139. The summed E-state index contributed by atoms with van der Waals surface area (Å²) in [6.07, 6.45) is 12.9. The fourth-order valence-corrected chi connectivity index (χ4v) is 4.50. The number of phosphoric ester groups is 1. The lowest BCUT2D eigenvalue weighted by atomic mass is 10.1. The molecule has 0 unspecified atom stereocenters. The first-order valence-corrected chi connectivity index (χ1v) is 15.4. The van der Waals surface area contributed by atoms with Gasteiger partial charge in [-0.05, 0) is 46.0 Å². The van der Waals surface area contributed by atoms with Crippen molar-refractivity contribution in [1.29, 1.82) is 0 Å². The van der Waals surface area contributed by atoms with Crippen LogP contribution in [0.5, 0.6) is 0 Å². The molecular formula is C28H51O8P. The molecule has 0 radical (unpaired) electrons. The molecule has 0 aromatic carbocycles. The van der Waals surface area contributed by atoms with E-state index in [0.717, 1.165) is 89.9 Å². The number of carbonyl (C=O) groups excluding carboxylic acids is 2. The van der Waals surface area contributed by atoms with Crippen LogP contribution in [0.4, 0.5) is 0 Å². The zero-order chi connectivity index (χ0) is 27.8. The highest BCUT2D eigenvalue weighted by Crippen LogP contribution is 2.50. The minimum atomic E-state index is -3.57. The van der Waals surface area contributed by atoms with Crippen LogP contribution < -0.4 is 0 Å². The molecule has 8 nitrogen and oxygen atoms in total. The topological polar surface area (TPSA) is 97.4 Å². The van der Waals surface area contributed by atoms with Crippen molar-refractivity contribution >= 4 is 19.8 Å². The summed E-state index contributed by atoms with van der Waals surface area (Å²) >= 11 is 0. The summed E-state index contributed by atoms with van der Waals surface area (Å²) in [7, 11) is -3.57. The standard InChI is InChI=1S/C28H51O8P/c1-6-7-8-17-22-34-37(31,35-23-18-13-9-11-15-20-32-27(29)25(2)3)36-24-19-14-10-12-16-21-33-28(30)26(4)5/h2,4,6-24H2,1,3,5H3. The van der Waals surface area contributed by atoms with Crippen molar-refractivity contribution in [2.75, 3.05) is 33.0 Å². The summed E-state index contributed by atoms with van der Waals surface area (Å²) in [6.45, 7) is 14.3. The van der Waals surface area contributed by atoms with Gasteiger partial charge < -0.3 is 9.47 Å². The highest BCUT2D eigenvalue weighted by molar-refractivity contribution is 7.48. The van der Waals surface area contributed by atoms with Gasteiger partial charge in [-0.15, -0.1) is 0 Å². The summed E-state index contributed by atoms with van der Waals surface area (Å²) in [6, 6.07) is 0. The number of hydrogen-bond donors (Lipinski definition) is 0. The van der Waals surface area contributed by atoms with Gasteiger partial charge in [-0.3, -0.25) is 13.6 Å². The van der Waals surface area contributed by atoms with E-state index in [1.807, 2.05) is 0 Å². The minimum absolute atomic E-state index is 0.319. The lowest BCUT2D eigenvalue weighted by Gasteiger charge is -2.18. The number of rotatable bonds is 26. The van der Waals surface area contributed by atoms with Crippen LogP contribution in [-0.2, 0) is 37.2 Å². The number of phosphoric acid groups is 1. The van der Waals surface area contributed by atoms with Crippen molar-refractivity contribution in [3.8, 4) is 0 Å². The van der Waals surface area contributed by atoms with E-state index in [4.69, 9.17) is 23.0 Å². The molecule has 0 heterocycles. The monoisotopic (exact) mass is 546 g/mol. The van der Waals surface area contributed by atoms with Gasteiger partial charge in [-0.25, -0.2) is 14.2 Å². The normalized spacial score (nSPS) is 11.3. The number of ether oxygens (including phenoxy) is 2. The molecule has 0 saturated carbocycles. The van der Waals surface area contributed by atoms with Gasteiger partial charge in [0.25, 0.3) is 0 Å². The SMILES string of the molecule is C=C(C)C(=O)OCCCCCCCOP(=O)(OCCCCCC)OCCCCCCCOC(=O)C(=C)C. The fourth-order valence-electron chi connectivity index (χ4n) is 3.21. The Morgan fingerprint density at radius 1 is 0.541 bits per heavy atom. The van der Waals surface area contributed by atoms with Crippen LogP contribution in [0, 0.1) is 0 Å². The second-order valence-corrected chi connectivity index (χ2v) is 11.0. The molecule has 9 heteroatoms. The third-order valence-electron chi connectivity index (χ3n) is 5.49. The highest BCUT2D eigenvalue weighted by atomic mass is 31.2.